The van der Waals surface area contributed by atoms with Crippen molar-refractivity contribution in [2.75, 3.05) is 6.54 Å². The van der Waals surface area contributed by atoms with Gasteiger partial charge in [-0.05, 0) is 12.8 Å². The Bertz CT molecular complexity index is 600. The number of H-pyrrole nitrogens is 2. The van der Waals surface area contributed by atoms with Crippen molar-refractivity contribution in [3.63, 3.8) is 0 Å². The molecule has 1 aliphatic carbocycles. The number of rotatable bonds is 6. The topological polar surface area (TPSA) is 123 Å². The molecule has 8 nitrogen and oxygen atoms in total. The summed E-state index contributed by atoms with van der Waals surface area (Å²) in [5, 5.41) is 8.68. The summed E-state index contributed by atoms with van der Waals surface area (Å²) in [5.74, 6) is -1.25. The maximum absolute atomic E-state index is 12.1. The van der Waals surface area contributed by atoms with E-state index in [9.17, 15) is 19.2 Å². The van der Waals surface area contributed by atoms with Gasteiger partial charge < -0.3 is 15.0 Å². The van der Waals surface area contributed by atoms with E-state index in [4.69, 9.17) is 5.11 Å². The zero-order valence-electron chi connectivity index (χ0n) is 10.7. The van der Waals surface area contributed by atoms with E-state index in [1.54, 1.807) is 0 Å². The predicted molar refractivity (Wildman–Crippen MR) is 68.4 cm³/mol. The fourth-order valence-corrected chi connectivity index (χ4v) is 1.99. The molecule has 0 atom stereocenters. The molecule has 1 aromatic rings. The summed E-state index contributed by atoms with van der Waals surface area (Å²) >= 11 is 0. The van der Waals surface area contributed by atoms with Gasteiger partial charge in [0.2, 0.25) is 5.91 Å². The highest BCUT2D eigenvalue weighted by Gasteiger charge is 2.32. The van der Waals surface area contributed by atoms with Crippen molar-refractivity contribution >= 4 is 11.9 Å². The summed E-state index contributed by atoms with van der Waals surface area (Å²) in [6.07, 6.45) is 1.48. The zero-order chi connectivity index (χ0) is 14.7. The Morgan fingerprint density at radius 2 is 2.00 bits per heavy atom. The second kappa shape index (κ2) is 5.72. The highest BCUT2D eigenvalue weighted by Crippen LogP contribution is 2.27. The first-order chi connectivity index (χ1) is 9.45. The summed E-state index contributed by atoms with van der Waals surface area (Å²) in [5.41, 5.74) is -1.01. The lowest BCUT2D eigenvalue weighted by atomic mass is 10.2. The first kappa shape index (κ1) is 14.0. The predicted octanol–water partition coefficient (Wildman–Crippen LogP) is -0.929. The van der Waals surface area contributed by atoms with Crippen LogP contribution in [-0.2, 0) is 16.0 Å². The molecule has 1 aromatic heterocycles. The van der Waals surface area contributed by atoms with Crippen LogP contribution in [0.4, 0.5) is 0 Å². The van der Waals surface area contributed by atoms with Crippen molar-refractivity contribution in [1.82, 2.24) is 14.9 Å². The largest absolute Gasteiger partial charge is 0.481 e. The van der Waals surface area contributed by atoms with E-state index in [1.807, 2.05) is 4.98 Å². The fraction of sp³-hybridized carbons (Fsp3) is 0.500. The van der Waals surface area contributed by atoms with Crippen molar-refractivity contribution in [2.45, 2.75) is 31.7 Å². The molecule has 0 spiro atoms. The molecule has 0 unspecified atom stereocenters. The van der Waals surface area contributed by atoms with Gasteiger partial charge in [-0.2, -0.15) is 0 Å². The molecule has 108 valence electrons. The Labute approximate surface area is 113 Å². The van der Waals surface area contributed by atoms with E-state index >= 15 is 0 Å². The van der Waals surface area contributed by atoms with Crippen LogP contribution in [0, 0.1) is 0 Å². The molecule has 1 aliphatic rings. The lowest BCUT2D eigenvalue weighted by molar-refractivity contribution is -0.138. The third-order valence-corrected chi connectivity index (χ3v) is 3.03. The number of carboxylic acid groups (broad SMARTS) is 1. The van der Waals surface area contributed by atoms with Crippen LogP contribution in [0.5, 0.6) is 0 Å². The molecule has 3 N–H and O–H groups in total. The van der Waals surface area contributed by atoms with Gasteiger partial charge in [0.15, 0.2) is 0 Å². The molecular weight excluding hydrogens is 266 g/mol. The van der Waals surface area contributed by atoms with Crippen molar-refractivity contribution in [1.29, 1.82) is 0 Å². The average Bonchev–Trinajstić information content (AvgIpc) is 3.11. The van der Waals surface area contributed by atoms with Crippen LogP contribution < -0.4 is 11.2 Å². The molecule has 1 saturated carbocycles. The number of aromatic nitrogens is 2. The molecule has 0 radical (unpaired) electrons. The molecule has 0 bridgehead atoms. The van der Waals surface area contributed by atoms with Crippen molar-refractivity contribution in [2.24, 2.45) is 0 Å². The second-order valence-corrected chi connectivity index (χ2v) is 4.75. The van der Waals surface area contributed by atoms with Crippen LogP contribution in [0.1, 0.15) is 25.0 Å². The van der Waals surface area contributed by atoms with Crippen LogP contribution in [0.15, 0.2) is 15.7 Å². The summed E-state index contributed by atoms with van der Waals surface area (Å²) in [6.45, 7) is 0.145. The van der Waals surface area contributed by atoms with Crippen LogP contribution in [-0.4, -0.2) is 44.4 Å². The molecule has 0 aliphatic heterocycles. The van der Waals surface area contributed by atoms with Crippen molar-refractivity contribution < 1.29 is 14.7 Å². The van der Waals surface area contributed by atoms with Crippen LogP contribution >= 0.6 is 0 Å². The van der Waals surface area contributed by atoms with Gasteiger partial charge in [0.05, 0.1) is 12.8 Å². The third-order valence-electron chi connectivity index (χ3n) is 3.03. The van der Waals surface area contributed by atoms with Crippen LogP contribution in [0.25, 0.3) is 0 Å². The van der Waals surface area contributed by atoms with Gasteiger partial charge in [0.25, 0.3) is 5.56 Å². The number of carboxylic acids is 1. The van der Waals surface area contributed by atoms with E-state index < -0.39 is 17.2 Å². The summed E-state index contributed by atoms with van der Waals surface area (Å²) in [7, 11) is 0. The van der Waals surface area contributed by atoms with Crippen LogP contribution in [0.2, 0.25) is 0 Å². The first-order valence-electron chi connectivity index (χ1n) is 6.29. The lowest BCUT2D eigenvalue weighted by Gasteiger charge is -2.21. The maximum Gasteiger partial charge on any atom is 0.325 e. The van der Waals surface area contributed by atoms with E-state index in [1.165, 1.54) is 4.90 Å². The number of aliphatic carboxylic acids is 1. The number of amides is 1. The van der Waals surface area contributed by atoms with Gasteiger partial charge in [0.1, 0.15) is 0 Å². The molecular formula is C12H15N3O5. The van der Waals surface area contributed by atoms with Gasteiger partial charge >= 0.3 is 11.7 Å². The van der Waals surface area contributed by atoms with Crippen molar-refractivity contribution in [3.8, 4) is 0 Å². The Morgan fingerprint density at radius 3 is 2.55 bits per heavy atom. The number of hydrogen-bond acceptors (Lipinski definition) is 4. The number of aromatic amines is 2. The molecule has 1 amide bonds. The number of carbonyl (C=O) groups is 2. The van der Waals surface area contributed by atoms with Gasteiger partial charge in [-0.3, -0.25) is 19.4 Å². The number of hydrogen-bond donors (Lipinski definition) is 3. The smallest absolute Gasteiger partial charge is 0.325 e. The van der Waals surface area contributed by atoms with Gasteiger partial charge in [-0.25, -0.2) is 4.79 Å². The fourth-order valence-electron chi connectivity index (χ4n) is 1.99. The minimum Gasteiger partial charge on any atom is -0.481 e. The standard InChI is InChI=1S/C12H15N3O5/c16-9-5-7(13-12(20)14-9)6-10(17)15(8-1-2-8)4-3-11(18)19/h5,8H,1-4,6H2,(H,18,19)(H2,13,14,16,20). The Kier molecular flexibility index (Phi) is 4.02. The molecule has 1 fully saturated rings. The number of nitrogens with zero attached hydrogens (tertiary/aromatic N) is 1. The van der Waals surface area contributed by atoms with Gasteiger partial charge in [-0.1, -0.05) is 0 Å². The quantitative estimate of drug-likeness (QED) is 0.621. The first-order valence-corrected chi connectivity index (χ1v) is 6.29. The molecule has 20 heavy (non-hydrogen) atoms. The molecule has 0 aromatic carbocycles. The Morgan fingerprint density at radius 1 is 1.30 bits per heavy atom. The minimum atomic E-state index is -0.965. The third kappa shape index (κ3) is 3.81. The highest BCUT2D eigenvalue weighted by atomic mass is 16.4. The van der Waals surface area contributed by atoms with E-state index in [2.05, 4.69) is 4.98 Å². The molecule has 8 heteroatoms. The van der Waals surface area contributed by atoms with E-state index in [0.29, 0.717) is 0 Å². The normalized spacial score (nSPS) is 14.0. The number of nitrogens with one attached hydrogen (secondary N) is 2. The second-order valence-electron chi connectivity index (χ2n) is 4.75. The monoisotopic (exact) mass is 281 g/mol. The summed E-state index contributed by atoms with van der Waals surface area (Å²) in [4.78, 5) is 50.9. The lowest BCUT2D eigenvalue weighted by Crippen LogP contribution is -2.37. The SMILES string of the molecule is O=C(O)CCN(C(=O)Cc1cc(=O)[nH]c(=O)[nH]1)C1CC1. The average molecular weight is 281 g/mol. The number of carbonyl (C=O) groups excluding carboxylic acids is 1. The Balaban J connectivity index is 2.06. The molecule has 1 heterocycles. The highest BCUT2D eigenvalue weighted by molar-refractivity contribution is 5.79. The zero-order valence-corrected chi connectivity index (χ0v) is 10.7. The maximum atomic E-state index is 12.1. The van der Waals surface area contributed by atoms with Crippen molar-refractivity contribution in [3.05, 3.63) is 32.6 Å². The van der Waals surface area contributed by atoms with E-state index in [-0.39, 0.29) is 37.0 Å². The van der Waals surface area contributed by atoms with Crippen LogP contribution in [0.3, 0.4) is 0 Å². The van der Waals surface area contributed by atoms with Gasteiger partial charge in [-0.15, -0.1) is 0 Å². The minimum absolute atomic E-state index is 0.0792. The molecule has 0 saturated heterocycles. The van der Waals surface area contributed by atoms with E-state index in [0.717, 1.165) is 18.9 Å². The molecule has 2 rings (SSSR count). The summed E-state index contributed by atoms with van der Waals surface area (Å²) < 4.78 is 0. The summed E-state index contributed by atoms with van der Waals surface area (Å²) in [6, 6.07) is 1.23. The Hall–Kier alpha value is -2.38. The van der Waals surface area contributed by atoms with Gasteiger partial charge in [0, 0.05) is 24.3 Å².